The van der Waals surface area contributed by atoms with Crippen molar-refractivity contribution in [3.8, 4) is 0 Å². The Balaban J connectivity index is 2.26. The van der Waals surface area contributed by atoms with Gasteiger partial charge in [0.2, 0.25) is 0 Å². The van der Waals surface area contributed by atoms with E-state index >= 15 is 0 Å². The number of aromatic nitrogens is 2. The lowest BCUT2D eigenvalue weighted by molar-refractivity contribution is 0.656. The minimum Gasteiger partial charge on any atom is -0.316 e. The van der Waals surface area contributed by atoms with Crippen LogP contribution in [0.15, 0.2) is 27.1 Å². The zero-order chi connectivity index (χ0) is 14.0. The third kappa shape index (κ3) is 3.27. The molecule has 2 rings (SSSR count). The molecule has 1 aromatic carbocycles. The van der Waals surface area contributed by atoms with Gasteiger partial charge in [0, 0.05) is 11.0 Å². The summed E-state index contributed by atoms with van der Waals surface area (Å²) in [5, 5.41) is 7.70. The van der Waals surface area contributed by atoms with E-state index in [0.717, 1.165) is 33.4 Å². The van der Waals surface area contributed by atoms with Crippen molar-refractivity contribution in [2.75, 3.05) is 7.05 Å². The van der Waals surface area contributed by atoms with E-state index < -0.39 is 0 Å². The first kappa shape index (κ1) is 14.8. The molecule has 1 heterocycles. The average Bonchev–Trinajstić information content (AvgIpc) is 2.61. The van der Waals surface area contributed by atoms with Gasteiger partial charge in [-0.1, -0.05) is 28.1 Å². The Labute approximate surface area is 130 Å². The Morgan fingerprint density at radius 2 is 2.00 bits per heavy atom. The molecular weight excluding hydrogens is 370 g/mol. The van der Waals surface area contributed by atoms with Crippen molar-refractivity contribution in [2.45, 2.75) is 26.9 Å². The monoisotopic (exact) mass is 385 g/mol. The molecular formula is C14H17Br2N3. The Hall–Kier alpha value is -0.650. The minimum atomic E-state index is 0.776. The molecule has 0 aliphatic rings. The van der Waals surface area contributed by atoms with Gasteiger partial charge in [0.1, 0.15) is 0 Å². The number of rotatable bonds is 4. The first-order valence-corrected chi connectivity index (χ1v) is 7.73. The number of benzene rings is 1. The van der Waals surface area contributed by atoms with Crippen molar-refractivity contribution in [3.05, 3.63) is 49.7 Å². The highest BCUT2D eigenvalue weighted by Gasteiger charge is 2.10. The van der Waals surface area contributed by atoms with Gasteiger partial charge in [-0.25, -0.2) is 0 Å². The van der Waals surface area contributed by atoms with Crippen molar-refractivity contribution in [3.63, 3.8) is 0 Å². The summed E-state index contributed by atoms with van der Waals surface area (Å²) >= 11 is 7.20. The van der Waals surface area contributed by atoms with E-state index in [1.807, 2.05) is 18.7 Å². The summed E-state index contributed by atoms with van der Waals surface area (Å²) in [5.41, 5.74) is 4.69. The zero-order valence-corrected chi connectivity index (χ0v) is 14.5. The molecule has 1 aromatic heterocycles. The molecule has 19 heavy (non-hydrogen) atoms. The van der Waals surface area contributed by atoms with Crippen LogP contribution in [0.1, 0.15) is 22.5 Å². The first-order chi connectivity index (χ1) is 9.02. The van der Waals surface area contributed by atoms with Crippen molar-refractivity contribution >= 4 is 31.9 Å². The molecule has 1 N–H and O–H groups in total. The standard InChI is InChI=1S/C14H17Br2N3/c1-9-14(16)10(2)19(18-9)8-12-5-4-11(7-17-3)6-13(12)15/h4-6,17H,7-8H2,1-3H3. The van der Waals surface area contributed by atoms with Gasteiger partial charge < -0.3 is 5.32 Å². The maximum Gasteiger partial charge on any atom is 0.0738 e. The van der Waals surface area contributed by atoms with E-state index in [0.29, 0.717) is 0 Å². The number of hydrogen-bond acceptors (Lipinski definition) is 2. The summed E-state index contributed by atoms with van der Waals surface area (Å²) in [4.78, 5) is 0. The molecule has 0 fully saturated rings. The fourth-order valence-electron chi connectivity index (χ4n) is 2.02. The van der Waals surface area contributed by atoms with E-state index in [-0.39, 0.29) is 0 Å². The molecule has 2 aromatic rings. The lowest BCUT2D eigenvalue weighted by Gasteiger charge is -2.09. The second-order valence-corrected chi connectivity index (χ2v) is 6.25. The van der Waals surface area contributed by atoms with E-state index in [4.69, 9.17) is 0 Å². The Morgan fingerprint density at radius 3 is 2.53 bits per heavy atom. The number of nitrogens with zero attached hydrogens (tertiary/aromatic N) is 2. The zero-order valence-electron chi connectivity index (χ0n) is 11.3. The molecule has 5 heteroatoms. The van der Waals surface area contributed by atoms with E-state index in [2.05, 4.69) is 67.4 Å². The van der Waals surface area contributed by atoms with Gasteiger partial charge in [-0.3, -0.25) is 4.68 Å². The summed E-state index contributed by atoms with van der Waals surface area (Å²) in [6, 6.07) is 6.46. The van der Waals surface area contributed by atoms with Crippen molar-refractivity contribution in [1.82, 2.24) is 15.1 Å². The van der Waals surface area contributed by atoms with Gasteiger partial charge >= 0.3 is 0 Å². The van der Waals surface area contributed by atoms with Crippen LogP contribution >= 0.6 is 31.9 Å². The van der Waals surface area contributed by atoms with Crippen LogP contribution in [0, 0.1) is 13.8 Å². The van der Waals surface area contributed by atoms with Crippen LogP contribution in [0.2, 0.25) is 0 Å². The summed E-state index contributed by atoms with van der Waals surface area (Å²) in [6.45, 7) is 5.75. The SMILES string of the molecule is CNCc1ccc(Cn2nc(C)c(Br)c2C)c(Br)c1. The molecule has 0 saturated heterocycles. The van der Waals surface area contributed by atoms with Gasteiger partial charge in [-0.05, 0) is 54.0 Å². The molecule has 0 bridgehead atoms. The fraction of sp³-hybridized carbons (Fsp3) is 0.357. The largest absolute Gasteiger partial charge is 0.316 e. The molecule has 0 spiro atoms. The topological polar surface area (TPSA) is 29.9 Å². The Kier molecular flexibility index (Phi) is 4.81. The predicted molar refractivity (Wildman–Crippen MR) is 85.4 cm³/mol. The Bertz CT molecular complexity index is 591. The molecule has 0 aliphatic carbocycles. The molecule has 0 saturated carbocycles. The lowest BCUT2D eigenvalue weighted by atomic mass is 10.1. The van der Waals surface area contributed by atoms with Crippen LogP contribution in [0.4, 0.5) is 0 Å². The second kappa shape index (κ2) is 6.20. The van der Waals surface area contributed by atoms with Gasteiger partial charge in [-0.2, -0.15) is 5.10 Å². The predicted octanol–water partition coefficient (Wildman–Crippen LogP) is 3.79. The minimum absolute atomic E-state index is 0.776. The van der Waals surface area contributed by atoms with Gasteiger partial charge in [-0.15, -0.1) is 0 Å². The summed E-state index contributed by atoms with van der Waals surface area (Å²) in [7, 11) is 1.95. The second-order valence-electron chi connectivity index (χ2n) is 4.60. The maximum absolute atomic E-state index is 4.54. The number of hydrogen-bond donors (Lipinski definition) is 1. The smallest absolute Gasteiger partial charge is 0.0738 e. The van der Waals surface area contributed by atoms with Gasteiger partial charge in [0.15, 0.2) is 0 Å². The van der Waals surface area contributed by atoms with Crippen LogP contribution in [0.5, 0.6) is 0 Å². The maximum atomic E-state index is 4.54. The average molecular weight is 387 g/mol. The lowest BCUT2D eigenvalue weighted by Crippen LogP contribution is -2.07. The van der Waals surface area contributed by atoms with Crippen LogP contribution in [-0.4, -0.2) is 16.8 Å². The summed E-state index contributed by atoms with van der Waals surface area (Å²) in [6.07, 6.45) is 0. The molecule has 0 radical (unpaired) electrons. The normalized spacial score (nSPS) is 11.0. The third-order valence-corrected chi connectivity index (χ3v) is 5.00. The molecule has 3 nitrogen and oxygen atoms in total. The first-order valence-electron chi connectivity index (χ1n) is 6.14. The Morgan fingerprint density at radius 1 is 1.26 bits per heavy atom. The molecule has 0 amide bonds. The third-order valence-electron chi connectivity index (χ3n) is 3.11. The van der Waals surface area contributed by atoms with Crippen molar-refractivity contribution in [1.29, 1.82) is 0 Å². The molecule has 102 valence electrons. The van der Waals surface area contributed by atoms with Crippen molar-refractivity contribution < 1.29 is 0 Å². The molecule has 0 aliphatic heterocycles. The van der Waals surface area contributed by atoms with Crippen LogP contribution in [-0.2, 0) is 13.1 Å². The quantitative estimate of drug-likeness (QED) is 0.866. The van der Waals surface area contributed by atoms with Gasteiger partial charge in [0.25, 0.3) is 0 Å². The van der Waals surface area contributed by atoms with Crippen LogP contribution < -0.4 is 5.32 Å². The molecule has 0 unspecified atom stereocenters. The summed E-state index contributed by atoms with van der Waals surface area (Å²) in [5.74, 6) is 0. The molecule has 0 atom stereocenters. The highest BCUT2D eigenvalue weighted by Crippen LogP contribution is 2.24. The number of aryl methyl sites for hydroxylation is 1. The van der Waals surface area contributed by atoms with Crippen molar-refractivity contribution in [2.24, 2.45) is 0 Å². The highest BCUT2D eigenvalue weighted by atomic mass is 79.9. The number of nitrogens with one attached hydrogen (secondary N) is 1. The fourth-order valence-corrected chi connectivity index (χ4v) is 2.86. The van der Waals surface area contributed by atoms with Gasteiger partial charge in [0.05, 0.1) is 22.4 Å². The van der Waals surface area contributed by atoms with E-state index in [1.54, 1.807) is 0 Å². The highest BCUT2D eigenvalue weighted by molar-refractivity contribution is 9.10. The van der Waals surface area contributed by atoms with Crippen LogP contribution in [0.3, 0.4) is 0 Å². The summed E-state index contributed by atoms with van der Waals surface area (Å²) < 4.78 is 4.25. The number of halogens is 2. The van der Waals surface area contributed by atoms with E-state index in [9.17, 15) is 0 Å². The van der Waals surface area contributed by atoms with Crippen LogP contribution in [0.25, 0.3) is 0 Å². The van der Waals surface area contributed by atoms with E-state index in [1.165, 1.54) is 11.1 Å².